The van der Waals surface area contributed by atoms with Gasteiger partial charge in [0.05, 0.1) is 11.9 Å². The van der Waals surface area contributed by atoms with Crippen LogP contribution in [0.15, 0.2) is 48.9 Å². The number of phenols is 2. The standard InChI is InChI=1S/C20H22N2O2.C4H4O4.H2O/c1-11-5-13(3)19(23)15(7-11)18(17-9-21-10-22-17)16-8-12(2)6-14(4)20(16)24;5-3(6)1-2-4(7)8;/h5-10,18,23-24H,1-4H3,(H,21,22);1-2H,(H,5,6)(H,7,8);1H2/b;2-1-;. The number of rotatable bonds is 5. The van der Waals surface area contributed by atoms with Gasteiger partial charge in [0.2, 0.25) is 6.33 Å². The summed E-state index contributed by atoms with van der Waals surface area (Å²) in [6.07, 6.45) is 4.54. The summed E-state index contributed by atoms with van der Waals surface area (Å²) in [5, 5.41) is 38.6. The van der Waals surface area contributed by atoms with Crippen LogP contribution in [0.25, 0.3) is 0 Å². The molecular weight excluding hydrogens is 428 g/mol. The van der Waals surface area contributed by atoms with Crippen molar-refractivity contribution in [3.05, 3.63) is 88.0 Å². The Labute approximate surface area is 191 Å². The zero-order chi connectivity index (χ0) is 24.0. The molecule has 0 unspecified atom stereocenters. The lowest BCUT2D eigenvalue weighted by atomic mass is 9.84. The molecule has 2 aromatic carbocycles. The molecule has 0 fully saturated rings. The van der Waals surface area contributed by atoms with E-state index in [-0.39, 0.29) is 22.9 Å². The molecule has 176 valence electrons. The van der Waals surface area contributed by atoms with E-state index in [4.69, 9.17) is 5.11 Å². The number of aliphatic carboxylic acids is 2. The SMILES string of the molecule is Cc1cc(C)c(O)c(C(c2c[nH+]c[nH]2)c2cc(C)cc(C)c2O)c1.O.O=C([O-])/C=C\C(=O)O. The van der Waals surface area contributed by atoms with Gasteiger partial charge in [0, 0.05) is 17.2 Å². The summed E-state index contributed by atoms with van der Waals surface area (Å²) >= 11 is 0. The Morgan fingerprint density at radius 3 is 1.76 bits per heavy atom. The number of hydrogen-bond acceptors (Lipinski definition) is 5. The fraction of sp³-hybridized carbons (Fsp3) is 0.208. The van der Waals surface area contributed by atoms with Crippen LogP contribution in [-0.4, -0.2) is 37.7 Å². The van der Waals surface area contributed by atoms with E-state index < -0.39 is 11.9 Å². The molecule has 3 aromatic rings. The number of hydrogen-bond donors (Lipinski definition) is 4. The van der Waals surface area contributed by atoms with Gasteiger partial charge in [0.15, 0.2) is 5.69 Å². The van der Waals surface area contributed by atoms with Crippen molar-refractivity contribution in [3.63, 3.8) is 0 Å². The number of nitrogens with one attached hydrogen (secondary N) is 2. The lowest BCUT2D eigenvalue weighted by Crippen LogP contribution is -2.19. The highest BCUT2D eigenvalue weighted by Gasteiger charge is 2.28. The van der Waals surface area contributed by atoms with Gasteiger partial charge in [-0.1, -0.05) is 35.4 Å². The minimum Gasteiger partial charge on any atom is -0.545 e. The lowest BCUT2D eigenvalue weighted by molar-refractivity contribution is -0.376. The third-order valence-corrected chi connectivity index (χ3v) is 4.80. The molecule has 1 aromatic heterocycles. The molecule has 1 heterocycles. The first-order valence-electron chi connectivity index (χ1n) is 9.77. The van der Waals surface area contributed by atoms with E-state index in [1.54, 1.807) is 6.33 Å². The third-order valence-electron chi connectivity index (χ3n) is 4.80. The van der Waals surface area contributed by atoms with E-state index in [9.17, 15) is 24.9 Å². The van der Waals surface area contributed by atoms with Gasteiger partial charge in [0.1, 0.15) is 17.7 Å². The highest BCUT2D eigenvalue weighted by atomic mass is 16.4. The van der Waals surface area contributed by atoms with Gasteiger partial charge in [-0.15, -0.1) is 0 Å². The fourth-order valence-corrected chi connectivity index (χ4v) is 3.53. The number of imidazole rings is 1. The molecule has 9 heteroatoms. The van der Waals surface area contributed by atoms with Crippen molar-refractivity contribution in [1.29, 1.82) is 0 Å². The second-order valence-electron chi connectivity index (χ2n) is 7.52. The van der Waals surface area contributed by atoms with Gasteiger partial charge in [0.25, 0.3) is 0 Å². The topological polar surface area (TPSA) is 179 Å². The molecule has 0 aliphatic carbocycles. The van der Waals surface area contributed by atoms with Crippen molar-refractivity contribution in [3.8, 4) is 11.5 Å². The predicted octanol–water partition coefficient (Wildman–Crippen LogP) is 1.21. The van der Waals surface area contributed by atoms with E-state index in [0.29, 0.717) is 12.2 Å². The van der Waals surface area contributed by atoms with Crippen LogP contribution in [0, 0.1) is 27.7 Å². The van der Waals surface area contributed by atoms with Crippen LogP contribution in [0.2, 0.25) is 0 Å². The van der Waals surface area contributed by atoms with Gasteiger partial charge >= 0.3 is 5.97 Å². The second kappa shape index (κ2) is 11.5. The summed E-state index contributed by atoms with van der Waals surface area (Å²) in [7, 11) is 0. The molecule has 7 N–H and O–H groups in total. The molecular formula is C24H28N2O7. The number of aromatic hydroxyl groups is 2. The van der Waals surface area contributed by atoms with Gasteiger partial charge in [-0.2, -0.15) is 0 Å². The summed E-state index contributed by atoms with van der Waals surface area (Å²) in [6, 6.07) is 7.87. The average Bonchev–Trinajstić information content (AvgIpc) is 3.22. The number of aromatic nitrogens is 2. The minimum absolute atomic E-state index is 0. The molecule has 0 saturated heterocycles. The Balaban J connectivity index is 0.000000523. The van der Waals surface area contributed by atoms with Crippen molar-refractivity contribution >= 4 is 11.9 Å². The number of aryl methyl sites for hydroxylation is 4. The van der Waals surface area contributed by atoms with Crippen molar-refractivity contribution in [2.75, 3.05) is 0 Å². The normalized spacial score (nSPS) is 10.5. The Bertz CT molecular complexity index is 1080. The molecule has 0 aliphatic heterocycles. The zero-order valence-electron chi connectivity index (χ0n) is 18.8. The third kappa shape index (κ3) is 6.94. The van der Waals surface area contributed by atoms with E-state index in [1.807, 2.05) is 58.2 Å². The Morgan fingerprint density at radius 2 is 1.42 bits per heavy atom. The van der Waals surface area contributed by atoms with Gasteiger partial charge in [-0.25, -0.2) is 9.78 Å². The molecule has 33 heavy (non-hydrogen) atoms. The van der Waals surface area contributed by atoms with Crippen molar-refractivity contribution in [2.24, 2.45) is 0 Å². The van der Waals surface area contributed by atoms with Crippen LogP contribution >= 0.6 is 0 Å². The highest BCUT2D eigenvalue weighted by molar-refractivity contribution is 5.88. The monoisotopic (exact) mass is 456 g/mol. The second-order valence-corrected chi connectivity index (χ2v) is 7.52. The highest BCUT2D eigenvalue weighted by Crippen LogP contribution is 2.42. The van der Waals surface area contributed by atoms with Gasteiger partial charge in [-0.05, 0) is 44.9 Å². The Hall–Kier alpha value is -4.11. The Kier molecular flexibility index (Phi) is 9.38. The molecule has 0 atom stereocenters. The van der Waals surface area contributed by atoms with Crippen LogP contribution in [0.5, 0.6) is 11.5 Å². The molecule has 0 saturated carbocycles. The van der Waals surface area contributed by atoms with Crippen LogP contribution in [0.3, 0.4) is 0 Å². The smallest absolute Gasteiger partial charge is 0.328 e. The number of phenolic OH excluding ortho intramolecular Hbond substituents is 2. The summed E-state index contributed by atoms with van der Waals surface area (Å²) < 4.78 is 0. The quantitative estimate of drug-likeness (QED) is 0.419. The number of carboxylic acids is 2. The summed E-state index contributed by atoms with van der Waals surface area (Å²) in [5.41, 5.74) is 6.25. The first-order valence-corrected chi connectivity index (χ1v) is 9.77. The van der Waals surface area contributed by atoms with Crippen molar-refractivity contribution in [1.82, 2.24) is 4.98 Å². The molecule has 0 aliphatic rings. The van der Waals surface area contributed by atoms with Crippen LogP contribution < -0.4 is 10.1 Å². The fourth-order valence-electron chi connectivity index (χ4n) is 3.53. The molecule has 0 radical (unpaired) electrons. The average molecular weight is 456 g/mol. The lowest BCUT2D eigenvalue weighted by Gasteiger charge is -2.20. The van der Waals surface area contributed by atoms with Gasteiger partial charge < -0.3 is 30.7 Å². The van der Waals surface area contributed by atoms with E-state index >= 15 is 0 Å². The molecule has 0 amide bonds. The largest absolute Gasteiger partial charge is 0.545 e. The van der Waals surface area contributed by atoms with E-state index in [1.165, 1.54) is 0 Å². The van der Waals surface area contributed by atoms with Crippen molar-refractivity contribution < 1.29 is 40.5 Å². The first kappa shape index (κ1) is 26.9. The molecule has 0 spiro atoms. The molecule has 9 nitrogen and oxygen atoms in total. The zero-order valence-corrected chi connectivity index (χ0v) is 18.8. The first-order chi connectivity index (χ1) is 15.0. The number of H-pyrrole nitrogens is 2. The van der Waals surface area contributed by atoms with E-state index in [0.717, 1.165) is 39.1 Å². The predicted molar refractivity (Wildman–Crippen MR) is 119 cm³/mol. The summed E-state index contributed by atoms with van der Waals surface area (Å²) in [5.74, 6) is -2.56. The number of carbonyl (C=O) groups is 2. The maximum atomic E-state index is 10.7. The maximum absolute atomic E-state index is 10.7. The van der Waals surface area contributed by atoms with Crippen LogP contribution in [-0.2, 0) is 9.59 Å². The number of carboxylic acid groups (broad SMARTS) is 2. The number of benzene rings is 2. The Morgan fingerprint density at radius 1 is 0.939 bits per heavy atom. The molecule has 0 bridgehead atoms. The van der Waals surface area contributed by atoms with Crippen molar-refractivity contribution in [2.45, 2.75) is 33.6 Å². The summed E-state index contributed by atoms with van der Waals surface area (Å²) in [6.45, 7) is 7.81. The minimum atomic E-state index is -1.51. The molecule has 3 rings (SSSR count). The van der Waals surface area contributed by atoms with Gasteiger partial charge in [-0.3, -0.25) is 4.98 Å². The van der Waals surface area contributed by atoms with E-state index in [2.05, 4.69) is 9.97 Å². The van der Waals surface area contributed by atoms with Crippen LogP contribution in [0.4, 0.5) is 0 Å². The number of carbonyl (C=O) groups excluding carboxylic acids is 1. The van der Waals surface area contributed by atoms with Crippen LogP contribution in [0.1, 0.15) is 45.0 Å². The maximum Gasteiger partial charge on any atom is 0.328 e. The number of aromatic amines is 2. The summed E-state index contributed by atoms with van der Waals surface area (Å²) in [4.78, 5) is 25.2.